The van der Waals surface area contributed by atoms with Gasteiger partial charge in [-0.05, 0) is 37.3 Å². The number of fused-ring (bicyclic) bond motifs is 2. The summed E-state index contributed by atoms with van der Waals surface area (Å²) in [5, 5.41) is 9.33. The maximum absolute atomic E-state index is 13.3. The molecule has 0 spiro atoms. The van der Waals surface area contributed by atoms with Gasteiger partial charge >= 0.3 is 6.03 Å². The van der Waals surface area contributed by atoms with Gasteiger partial charge in [0, 0.05) is 62.9 Å². The summed E-state index contributed by atoms with van der Waals surface area (Å²) in [5.74, 6) is 0.000758. The van der Waals surface area contributed by atoms with Crippen LogP contribution in [0, 0.1) is 6.92 Å². The number of rotatable bonds is 5. The molecule has 3 aromatic rings. The number of pyridine rings is 2. The van der Waals surface area contributed by atoms with Crippen LogP contribution >= 0.6 is 0 Å². The number of nitrogens with zero attached hydrogens (tertiary/aromatic N) is 4. The number of urea groups is 1. The summed E-state index contributed by atoms with van der Waals surface area (Å²) in [4.78, 5) is 51.1. The van der Waals surface area contributed by atoms with Crippen molar-refractivity contribution >= 4 is 40.4 Å². The molecular weight excluding hydrogens is 500 g/mol. The molecule has 12 heteroatoms. The number of hydrogen-bond donors (Lipinski definition) is 4. The van der Waals surface area contributed by atoms with Crippen molar-refractivity contribution in [3.05, 3.63) is 64.2 Å². The van der Waals surface area contributed by atoms with Crippen molar-refractivity contribution in [1.82, 2.24) is 19.8 Å². The first-order valence-electron chi connectivity index (χ1n) is 12.9. The van der Waals surface area contributed by atoms with Gasteiger partial charge in [-0.2, -0.15) is 0 Å². The molecule has 0 bridgehead atoms. The minimum absolute atomic E-state index is 0.0333. The van der Waals surface area contributed by atoms with E-state index in [1.807, 2.05) is 43.1 Å². The number of carbonyl (C=O) groups is 2. The molecule has 1 atom stereocenters. The molecule has 3 aliphatic heterocycles. The molecular formula is C27H30N8O4. The van der Waals surface area contributed by atoms with Crippen LogP contribution in [-0.2, 0) is 0 Å². The van der Waals surface area contributed by atoms with E-state index in [0.717, 1.165) is 36.6 Å². The Bertz CT molecular complexity index is 1490. The summed E-state index contributed by atoms with van der Waals surface area (Å²) in [6.45, 7) is 6.04. The fourth-order valence-corrected chi connectivity index (χ4v) is 5.36. The summed E-state index contributed by atoms with van der Waals surface area (Å²) in [7, 11) is 1.83. The highest BCUT2D eigenvalue weighted by Gasteiger charge is 2.38. The fraction of sp³-hybridized carbons (Fsp3) is 0.333. The SMILES string of the molecule is Cc1c(Nc2cc[nH]c(=O)c2C(=O)Nc2ccc(N3CCN4C(=O)N(C)CC4C3)cc2)cnc2c1NCCO2. The highest BCUT2D eigenvalue weighted by molar-refractivity contribution is 6.08. The molecule has 202 valence electrons. The number of ether oxygens (including phenoxy) is 1. The van der Waals surface area contributed by atoms with Gasteiger partial charge in [0.1, 0.15) is 17.9 Å². The van der Waals surface area contributed by atoms with Crippen LogP contribution in [0.15, 0.2) is 47.5 Å². The van der Waals surface area contributed by atoms with Crippen LogP contribution in [0.2, 0.25) is 0 Å². The average molecular weight is 531 g/mol. The van der Waals surface area contributed by atoms with E-state index < -0.39 is 11.5 Å². The molecule has 2 aromatic heterocycles. The van der Waals surface area contributed by atoms with Gasteiger partial charge in [0.15, 0.2) is 0 Å². The number of aromatic amines is 1. The lowest BCUT2D eigenvalue weighted by atomic mass is 10.1. The molecule has 5 heterocycles. The quantitative estimate of drug-likeness (QED) is 0.395. The van der Waals surface area contributed by atoms with Crippen molar-refractivity contribution in [2.45, 2.75) is 13.0 Å². The van der Waals surface area contributed by atoms with Crippen molar-refractivity contribution in [1.29, 1.82) is 0 Å². The summed E-state index contributed by atoms with van der Waals surface area (Å²) in [5.41, 5.74) is 3.73. The van der Waals surface area contributed by atoms with Crippen molar-refractivity contribution < 1.29 is 14.3 Å². The number of piperazine rings is 1. The van der Waals surface area contributed by atoms with Gasteiger partial charge in [-0.1, -0.05) is 0 Å². The minimum Gasteiger partial charge on any atom is -0.474 e. The molecule has 2 fully saturated rings. The number of hydrogen-bond acceptors (Lipinski definition) is 8. The second-order valence-corrected chi connectivity index (χ2v) is 9.93. The third-order valence-corrected chi connectivity index (χ3v) is 7.43. The van der Waals surface area contributed by atoms with Gasteiger partial charge in [0.25, 0.3) is 11.5 Å². The van der Waals surface area contributed by atoms with Gasteiger partial charge in [0.05, 0.1) is 23.6 Å². The Hall–Kier alpha value is -4.74. The average Bonchev–Trinajstić information content (AvgIpc) is 3.23. The van der Waals surface area contributed by atoms with Crippen molar-refractivity contribution in [2.24, 2.45) is 0 Å². The molecule has 0 radical (unpaired) electrons. The van der Waals surface area contributed by atoms with Crippen molar-refractivity contribution in [3.63, 3.8) is 0 Å². The molecule has 12 nitrogen and oxygen atoms in total. The predicted molar refractivity (Wildman–Crippen MR) is 148 cm³/mol. The molecule has 0 aliphatic carbocycles. The topological polar surface area (TPSA) is 135 Å². The van der Waals surface area contributed by atoms with Crippen LogP contribution in [0.25, 0.3) is 0 Å². The van der Waals surface area contributed by atoms with Crippen LogP contribution in [0.5, 0.6) is 5.88 Å². The van der Waals surface area contributed by atoms with Crippen LogP contribution in [0.3, 0.4) is 0 Å². The monoisotopic (exact) mass is 530 g/mol. The van der Waals surface area contributed by atoms with Crippen molar-refractivity contribution in [2.75, 3.05) is 67.2 Å². The molecule has 0 saturated carbocycles. The maximum atomic E-state index is 13.3. The third-order valence-electron chi connectivity index (χ3n) is 7.43. The molecule has 3 aliphatic rings. The number of H-pyrrole nitrogens is 1. The number of carbonyl (C=O) groups excluding carboxylic acids is 2. The Morgan fingerprint density at radius 2 is 1.92 bits per heavy atom. The molecule has 3 amide bonds. The molecule has 1 aromatic carbocycles. The second kappa shape index (κ2) is 9.86. The zero-order valence-electron chi connectivity index (χ0n) is 21.8. The first-order valence-corrected chi connectivity index (χ1v) is 12.9. The van der Waals surface area contributed by atoms with E-state index >= 15 is 0 Å². The maximum Gasteiger partial charge on any atom is 0.320 e. The van der Waals surface area contributed by atoms with E-state index in [2.05, 4.69) is 30.8 Å². The Balaban J connectivity index is 1.17. The lowest BCUT2D eigenvalue weighted by Gasteiger charge is -2.37. The smallest absolute Gasteiger partial charge is 0.320 e. The number of aromatic nitrogens is 2. The van der Waals surface area contributed by atoms with Crippen LogP contribution in [-0.4, -0.2) is 84.1 Å². The zero-order valence-corrected chi connectivity index (χ0v) is 21.8. The van der Waals surface area contributed by atoms with Crippen molar-refractivity contribution in [3.8, 4) is 5.88 Å². The summed E-state index contributed by atoms with van der Waals surface area (Å²) < 4.78 is 5.59. The zero-order chi connectivity index (χ0) is 27.1. The Labute approximate surface area is 225 Å². The third kappa shape index (κ3) is 4.58. The number of likely N-dealkylation sites (N-methyl/N-ethyl adjacent to an activating group) is 1. The van der Waals surface area contributed by atoms with E-state index in [4.69, 9.17) is 4.74 Å². The molecule has 2 saturated heterocycles. The highest BCUT2D eigenvalue weighted by atomic mass is 16.5. The van der Waals surface area contributed by atoms with Crippen LogP contribution in [0.4, 0.5) is 33.2 Å². The summed E-state index contributed by atoms with van der Waals surface area (Å²) in [6, 6.07) is 9.43. The fourth-order valence-electron chi connectivity index (χ4n) is 5.36. The first kappa shape index (κ1) is 24.6. The normalized spacial score (nSPS) is 18.2. The second-order valence-electron chi connectivity index (χ2n) is 9.93. The summed E-state index contributed by atoms with van der Waals surface area (Å²) >= 11 is 0. The Morgan fingerprint density at radius 1 is 1.10 bits per heavy atom. The number of anilines is 5. The molecule has 39 heavy (non-hydrogen) atoms. The van der Waals surface area contributed by atoms with E-state index in [-0.39, 0.29) is 17.6 Å². The lowest BCUT2D eigenvalue weighted by molar-refractivity contribution is 0.102. The molecule has 4 N–H and O–H groups in total. The minimum atomic E-state index is -0.529. The Morgan fingerprint density at radius 3 is 2.74 bits per heavy atom. The van der Waals surface area contributed by atoms with Crippen LogP contribution < -0.4 is 31.1 Å². The number of amides is 3. The molecule has 1 unspecified atom stereocenters. The largest absolute Gasteiger partial charge is 0.474 e. The van der Waals surface area contributed by atoms with E-state index in [1.54, 1.807) is 17.2 Å². The number of nitrogens with one attached hydrogen (secondary N) is 4. The summed E-state index contributed by atoms with van der Waals surface area (Å²) in [6.07, 6.45) is 3.12. The van der Waals surface area contributed by atoms with Gasteiger partial charge in [-0.25, -0.2) is 9.78 Å². The molecule has 6 rings (SSSR count). The van der Waals surface area contributed by atoms with Gasteiger partial charge < -0.3 is 40.4 Å². The lowest BCUT2D eigenvalue weighted by Crippen LogP contribution is -2.52. The van der Waals surface area contributed by atoms with Gasteiger partial charge in [-0.15, -0.1) is 0 Å². The van der Waals surface area contributed by atoms with E-state index in [0.29, 0.717) is 42.6 Å². The standard InChI is InChI=1S/C27H30N8O4/c1-16-21(13-30-26-23(16)28-9-12-39-26)32-20-7-8-29-24(36)22(20)25(37)31-17-3-5-18(6-4-17)34-10-11-35-19(15-34)14-33(2)27(35)38/h3-8,13,19,28H,9-12,14-15H2,1-2H3,(H,31,37)(H2,29,32,36). The highest BCUT2D eigenvalue weighted by Crippen LogP contribution is 2.34. The predicted octanol–water partition coefficient (Wildman–Crippen LogP) is 2.43. The van der Waals surface area contributed by atoms with Crippen LogP contribution in [0.1, 0.15) is 15.9 Å². The Kier molecular flexibility index (Phi) is 6.21. The van der Waals surface area contributed by atoms with Gasteiger partial charge in [-0.3, -0.25) is 9.59 Å². The first-order chi connectivity index (χ1) is 18.9. The van der Waals surface area contributed by atoms with E-state index in [9.17, 15) is 14.4 Å². The van der Waals surface area contributed by atoms with E-state index in [1.165, 1.54) is 6.20 Å². The number of benzene rings is 1. The van der Waals surface area contributed by atoms with Gasteiger partial charge in [0.2, 0.25) is 5.88 Å².